The molecule has 0 spiro atoms. The fourth-order valence-electron chi connectivity index (χ4n) is 1.60. The van der Waals surface area contributed by atoms with Gasteiger partial charge in [-0.3, -0.25) is 0 Å². The van der Waals surface area contributed by atoms with E-state index in [0.717, 1.165) is 29.3 Å². The maximum absolute atomic E-state index is 5.44. The summed E-state index contributed by atoms with van der Waals surface area (Å²) in [7, 11) is 0. The maximum atomic E-state index is 5.44. The third-order valence-electron chi connectivity index (χ3n) is 2.21. The first-order chi connectivity index (χ1) is 6.60. The second kappa shape index (κ2) is 4.37. The van der Waals surface area contributed by atoms with Crippen molar-refractivity contribution in [3.8, 4) is 0 Å². The van der Waals surface area contributed by atoms with E-state index in [0.29, 0.717) is 5.92 Å². The number of nitrogens with zero attached hydrogens (tertiary/aromatic N) is 2. The lowest BCUT2D eigenvalue weighted by Crippen LogP contribution is -2.15. The molecule has 1 aromatic heterocycles. The minimum Gasteiger partial charge on any atom is -0.308 e. The molecule has 0 amide bonds. The topological polar surface area (TPSA) is 63.8 Å². The zero-order valence-corrected chi connectivity index (χ0v) is 9.26. The Labute approximate surface area is 84.9 Å². The summed E-state index contributed by atoms with van der Waals surface area (Å²) >= 11 is 0. The molecule has 78 valence electrons. The number of nitrogen functional groups attached to an aromatic ring is 1. The van der Waals surface area contributed by atoms with E-state index in [4.69, 9.17) is 5.84 Å². The van der Waals surface area contributed by atoms with Crippen LogP contribution in [0.4, 0.5) is 5.82 Å². The van der Waals surface area contributed by atoms with E-state index in [-0.39, 0.29) is 0 Å². The van der Waals surface area contributed by atoms with Gasteiger partial charge in [-0.2, -0.15) is 0 Å². The van der Waals surface area contributed by atoms with Crippen molar-refractivity contribution in [3.63, 3.8) is 0 Å². The van der Waals surface area contributed by atoms with E-state index < -0.39 is 0 Å². The van der Waals surface area contributed by atoms with E-state index in [1.807, 2.05) is 13.8 Å². The van der Waals surface area contributed by atoms with Crippen LogP contribution in [-0.2, 0) is 6.42 Å². The molecule has 4 heteroatoms. The van der Waals surface area contributed by atoms with Crippen molar-refractivity contribution < 1.29 is 0 Å². The van der Waals surface area contributed by atoms with Crippen LogP contribution < -0.4 is 11.3 Å². The van der Waals surface area contributed by atoms with Gasteiger partial charge in [0, 0.05) is 17.7 Å². The van der Waals surface area contributed by atoms with E-state index >= 15 is 0 Å². The molecule has 1 rings (SSSR count). The van der Waals surface area contributed by atoms with Crippen LogP contribution in [0.5, 0.6) is 0 Å². The van der Waals surface area contributed by atoms with Crippen LogP contribution in [0.25, 0.3) is 0 Å². The fourth-order valence-corrected chi connectivity index (χ4v) is 1.60. The van der Waals surface area contributed by atoms with Crippen molar-refractivity contribution >= 4 is 5.82 Å². The van der Waals surface area contributed by atoms with Crippen LogP contribution in [0.15, 0.2) is 0 Å². The predicted molar refractivity (Wildman–Crippen MR) is 58.0 cm³/mol. The van der Waals surface area contributed by atoms with Gasteiger partial charge in [-0.1, -0.05) is 20.8 Å². The number of hydrogen-bond donors (Lipinski definition) is 2. The van der Waals surface area contributed by atoms with Crippen molar-refractivity contribution in [1.29, 1.82) is 0 Å². The third kappa shape index (κ3) is 2.01. The normalized spacial score (nSPS) is 10.7. The summed E-state index contributed by atoms with van der Waals surface area (Å²) in [4.78, 5) is 8.76. The number of hydrazine groups is 1. The Balaban J connectivity index is 3.27. The quantitative estimate of drug-likeness (QED) is 0.568. The van der Waals surface area contributed by atoms with E-state index in [9.17, 15) is 0 Å². The summed E-state index contributed by atoms with van der Waals surface area (Å²) in [5.41, 5.74) is 4.76. The highest BCUT2D eigenvalue weighted by molar-refractivity contribution is 5.47. The number of hydrogen-bond acceptors (Lipinski definition) is 4. The van der Waals surface area contributed by atoms with Gasteiger partial charge in [-0.05, 0) is 12.8 Å². The second-order valence-electron chi connectivity index (χ2n) is 3.64. The summed E-state index contributed by atoms with van der Waals surface area (Å²) in [5.74, 6) is 7.41. The number of nitrogens with one attached hydrogen (secondary N) is 1. The highest BCUT2D eigenvalue weighted by Crippen LogP contribution is 2.24. The molecule has 0 aromatic carbocycles. The van der Waals surface area contributed by atoms with Crippen LogP contribution >= 0.6 is 0 Å². The van der Waals surface area contributed by atoms with Crippen LogP contribution in [0.2, 0.25) is 0 Å². The first-order valence-electron chi connectivity index (χ1n) is 4.94. The molecule has 0 aliphatic heterocycles. The average molecular weight is 194 g/mol. The lowest BCUT2D eigenvalue weighted by molar-refractivity contribution is 0.807. The Morgan fingerprint density at radius 2 is 2.00 bits per heavy atom. The number of aromatic nitrogens is 2. The standard InChI is InChI=1S/C10H18N4/c1-5-8-12-7(4)9(6(2)3)10(13-8)14-11/h6H,5,11H2,1-4H3,(H,12,13,14). The van der Waals surface area contributed by atoms with Crippen molar-refractivity contribution in [2.24, 2.45) is 5.84 Å². The molecule has 0 radical (unpaired) electrons. The number of rotatable bonds is 3. The molecular weight excluding hydrogens is 176 g/mol. The first-order valence-corrected chi connectivity index (χ1v) is 4.94. The van der Waals surface area contributed by atoms with Crippen molar-refractivity contribution in [2.45, 2.75) is 40.0 Å². The summed E-state index contributed by atoms with van der Waals surface area (Å²) in [6, 6.07) is 0. The highest BCUT2D eigenvalue weighted by Gasteiger charge is 2.12. The van der Waals surface area contributed by atoms with E-state index in [1.54, 1.807) is 0 Å². The third-order valence-corrected chi connectivity index (χ3v) is 2.21. The number of nitrogens with two attached hydrogens (primary N) is 1. The fraction of sp³-hybridized carbons (Fsp3) is 0.600. The Morgan fingerprint density at radius 3 is 2.43 bits per heavy atom. The maximum Gasteiger partial charge on any atom is 0.147 e. The van der Waals surface area contributed by atoms with Gasteiger partial charge in [0.25, 0.3) is 0 Å². The molecule has 0 saturated carbocycles. The monoisotopic (exact) mass is 194 g/mol. The van der Waals surface area contributed by atoms with Gasteiger partial charge in [0.1, 0.15) is 11.6 Å². The SMILES string of the molecule is CCc1nc(C)c(C(C)C)c(NN)n1. The van der Waals surface area contributed by atoms with E-state index in [2.05, 4.69) is 29.2 Å². The molecule has 0 aliphatic carbocycles. The minimum atomic E-state index is 0.381. The number of aryl methyl sites for hydroxylation is 2. The van der Waals surface area contributed by atoms with Crippen LogP contribution in [0.3, 0.4) is 0 Å². The first kappa shape index (κ1) is 10.9. The van der Waals surface area contributed by atoms with Crippen LogP contribution in [-0.4, -0.2) is 9.97 Å². The predicted octanol–water partition coefficient (Wildman–Crippen LogP) is 1.76. The van der Waals surface area contributed by atoms with Gasteiger partial charge in [0.15, 0.2) is 0 Å². The van der Waals surface area contributed by atoms with Gasteiger partial charge in [0.2, 0.25) is 0 Å². The molecule has 1 heterocycles. The summed E-state index contributed by atoms with van der Waals surface area (Å²) < 4.78 is 0. The van der Waals surface area contributed by atoms with Gasteiger partial charge in [0.05, 0.1) is 0 Å². The summed E-state index contributed by atoms with van der Waals surface area (Å²) in [5, 5.41) is 0. The zero-order valence-electron chi connectivity index (χ0n) is 9.26. The van der Waals surface area contributed by atoms with Gasteiger partial charge < -0.3 is 5.43 Å². The smallest absolute Gasteiger partial charge is 0.147 e. The molecular formula is C10H18N4. The van der Waals surface area contributed by atoms with Crippen molar-refractivity contribution in [3.05, 3.63) is 17.1 Å². The molecule has 0 bridgehead atoms. The molecule has 0 fully saturated rings. The largest absolute Gasteiger partial charge is 0.308 e. The molecule has 0 saturated heterocycles. The lowest BCUT2D eigenvalue weighted by atomic mass is 10.0. The van der Waals surface area contributed by atoms with Gasteiger partial charge in [-0.25, -0.2) is 15.8 Å². The highest BCUT2D eigenvalue weighted by atomic mass is 15.3. The lowest BCUT2D eigenvalue weighted by Gasteiger charge is -2.14. The molecule has 1 aromatic rings. The van der Waals surface area contributed by atoms with Crippen molar-refractivity contribution in [2.75, 3.05) is 5.43 Å². The second-order valence-corrected chi connectivity index (χ2v) is 3.64. The van der Waals surface area contributed by atoms with Crippen LogP contribution in [0.1, 0.15) is 43.8 Å². The zero-order chi connectivity index (χ0) is 10.7. The van der Waals surface area contributed by atoms with E-state index in [1.165, 1.54) is 0 Å². The van der Waals surface area contributed by atoms with Crippen molar-refractivity contribution in [1.82, 2.24) is 9.97 Å². The Bertz CT molecular complexity index is 320. The molecule has 0 aliphatic rings. The minimum absolute atomic E-state index is 0.381. The van der Waals surface area contributed by atoms with Gasteiger partial charge in [-0.15, -0.1) is 0 Å². The molecule has 14 heavy (non-hydrogen) atoms. The molecule has 0 atom stereocenters. The molecule has 3 N–H and O–H groups in total. The number of anilines is 1. The molecule has 4 nitrogen and oxygen atoms in total. The van der Waals surface area contributed by atoms with Crippen LogP contribution in [0, 0.1) is 6.92 Å². The van der Waals surface area contributed by atoms with Gasteiger partial charge >= 0.3 is 0 Å². The summed E-state index contributed by atoms with van der Waals surface area (Å²) in [6.45, 7) is 8.25. The summed E-state index contributed by atoms with van der Waals surface area (Å²) in [6.07, 6.45) is 0.827. The average Bonchev–Trinajstić information content (AvgIpc) is 2.15. The Hall–Kier alpha value is -1.16. The molecule has 0 unspecified atom stereocenters. The Morgan fingerprint density at radius 1 is 1.36 bits per heavy atom. The Kier molecular flexibility index (Phi) is 3.41.